The molecule has 3 aromatic rings. The molecule has 0 fully saturated rings. The van der Waals surface area contributed by atoms with Gasteiger partial charge in [-0.25, -0.2) is 0 Å². The molecule has 2 heterocycles. The van der Waals surface area contributed by atoms with Crippen LogP contribution in [0.25, 0.3) is 0 Å². The summed E-state index contributed by atoms with van der Waals surface area (Å²) in [6, 6.07) is 12.7. The molecule has 0 saturated carbocycles. The molecule has 8 heteroatoms. The van der Waals surface area contributed by atoms with Crippen molar-refractivity contribution in [2.75, 3.05) is 10.6 Å². The van der Waals surface area contributed by atoms with E-state index in [0.717, 1.165) is 17.8 Å². The van der Waals surface area contributed by atoms with E-state index in [0.29, 0.717) is 11.4 Å². The molecule has 0 aliphatic carbocycles. The molecule has 1 aromatic carbocycles. The molecule has 0 radical (unpaired) electrons. The zero-order valence-corrected chi connectivity index (χ0v) is 14.9. The van der Waals surface area contributed by atoms with Crippen molar-refractivity contribution in [1.82, 2.24) is 9.97 Å². The first-order chi connectivity index (χ1) is 13.3. The van der Waals surface area contributed by atoms with Gasteiger partial charge in [-0.05, 0) is 48.9 Å². The summed E-state index contributed by atoms with van der Waals surface area (Å²) < 4.78 is 38.2. The van der Waals surface area contributed by atoms with Gasteiger partial charge in [0.2, 0.25) is 5.91 Å². The fourth-order valence-corrected chi connectivity index (χ4v) is 2.52. The van der Waals surface area contributed by atoms with Crippen molar-refractivity contribution in [3.05, 3.63) is 78.4 Å². The highest BCUT2D eigenvalue weighted by Gasteiger charge is 2.32. The van der Waals surface area contributed by atoms with Crippen LogP contribution in [-0.4, -0.2) is 15.9 Å². The average Bonchev–Trinajstić information content (AvgIpc) is 2.68. The first-order valence-electron chi connectivity index (χ1n) is 8.44. The Kier molecular flexibility index (Phi) is 5.58. The van der Waals surface area contributed by atoms with Crippen LogP contribution in [-0.2, 0) is 11.0 Å². The third kappa shape index (κ3) is 4.85. The molecule has 2 aromatic heterocycles. The number of carbonyl (C=O) groups excluding carboxylic acids is 1. The van der Waals surface area contributed by atoms with Crippen LogP contribution in [0.2, 0.25) is 0 Å². The second kappa shape index (κ2) is 8.08. The van der Waals surface area contributed by atoms with Crippen molar-refractivity contribution in [3.63, 3.8) is 0 Å². The van der Waals surface area contributed by atoms with Crippen LogP contribution in [0.5, 0.6) is 0 Å². The maximum atomic E-state index is 12.7. The van der Waals surface area contributed by atoms with Crippen LogP contribution in [0, 0.1) is 0 Å². The van der Waals surface area contributed by atoms with Crippen LogP contribution in [0.1, 0.15) is 24.1 Å². The number of halogens is 3. The fourth-order valence-electron chi connectivity index (χ4n) is 2.52. The van der Waals surface area contributed by atoms with E-state index in [1.165, 1.54) is 6.07 Å². The minimum atomic E-state index is -4.50. The van der Waals surface area contributed by atoms with Crippen LogP contribution in [0.3, 0.4) is 0 Å². The average molecular weight is 386 g/mol. The molecule has 0 aliphatic rings. The van der Waals surface area contributed by atoms with E-state index in [-0.39, 0.29) is 11.6 Å². The molecule has 2 N–H and O–H groups in total. The minimum Gasteiger partial charge on any atom is -0.355 e. The van der Waals surface area contributed by atoms with Gasteiger partial charge in [-0.1, -0.05) is 12.1 Å². The lowest BCUT2D eigenvalue weighted by Crippen LogP contribution is -2.18. The number of hydrogen-bond acceptors (Lipinski definition) is 4. The minimum absolute atomic E-state index is 0.170. The highest BCUT2D eigenvalue weighted by molar-refractivity contribution is 5.95. The summed E-state index contributed by atoms with van der Waals surface area (Å²) in [7, 11) is 0. The predicted octanol–water partition coefficient (Wildman–Crippen LogP) is 4.98. The fraction of sp³-hybridized carbons (Fsp3) is 0.150. The molecular formula is C20H17F3N4O. The number of amides is 1. The Morgan fingerprint density at radius 2 is 1.57 bits per heavy atom. The number of aromatic nitrogens is 2. The molecule has 28 heavy (non-hydrogen) atoms. The van der Waals surface area contributed by atoms with Crippen molar-refractivity contribution < 1.29 is 18.0 Å². The molecule has 3 rings (SSSR count). The summed E-state index contributed by atoms with van der Waals surface area (Å²) in [5.74, 6) is -0.573. The number of hydrogen-bond donors (Lipinski definition) is 2. The molecule has 1 atom stereocenters. The van der Waals surface area contributed by atoms with E-state index in [1.54, 1.807) is 55.7 Å². The number of nitrogens with one attached hydrogen (secondary N) is 2. The number of rotatable bonds is 5. The Labute approximate surface area is 159 Å². The smallest absolute Gasteiger partial charge is 0.355 e. The summed E-state index contributed by atoms with van der Waals surface area (Å²) in [6.45, 7) is 1.78. The van der Waals surface area contributed by atoms with E-state index in [2.05, 4.69) is 20.6 Å². The van der Waals surface area contributed by atoms with Gasteiger partial charge in [0.1, 0.15) is 5.69 Å². The van der Waals surface area contributed by atoms with E-state index in [9.17, 15) is 18.0 Å². The maximum Gasteiger partial charge on any atom is 0.433 e. The molecule has 0 spiro atoms. The van der Waals surface area contributed by atoms with Gasteiger partial charge in [0.15, 0.2) is 0 Å². The van der Waals surface area contributed by atoms with Crippen molar-refractivity contribution in [1.29, 1.82) is 0 Å². The van der Waals surface area contributed by atoms with Crippen molar-refractivity contribution in [2.24, 2.45) is 0 Å². The first-order valence-corrected chi connectivity index (χ1v) is 8.44. The highest BCUT2D eigenvalue weighted by atomic mass is 19.4. The summed E-state index contributed by atoms with van der Waals surface area (Å²) in [5.41, 5.74) is 1.35. The van der Waals surface area contributed by atoms with Crippen LogP contribution >= 0.6 is 0 Å². The first kappa shape index (κ1) is 19.3. The zero-order chi connectivity index (χ0) is 20.1. The third-order valence-corrected chi connectivity index (χ3v) is 4.09. The molecule has 144 valence electrons. The Hall–Kier alpha value is -3.42. The largest absolute Gasteiger partial charge is 0.433 e. The van der Waals surface area contributed by atoms with Crippen molar-refractivity contribution >= 4 is 23.0 Å². The van der Waals surface area contributed by atoms with E-state index in [4.69, 9.17) is 0 Å². The Morgan fingerprint density at radius 3 is 2.21 bits per heavy atom. The maximum absolute atomic E-state index is 12.7. The highest BCUT2D eigenvalue weighted by Crippen LogP contribution is 2.30. The van der Waals surface area contributed by atoms with Crippen LogP contribution < -0.4 is 10.6 Å². The van der Waals surface area contributed by atoms with Gasteiger partial charge >= 0.3 is 6.18 Å². The Balaban J connectivity index is 1.67. The summed E-state index contributed by atoms with van der Waals surface area (Å²) in [4.78, 5) is 19.6. The molecule has 1 unspecified atom stereocenters. The van der Waals surface area contributed by atoms with E-state index >= 15 is 0 Å². The van der Waals surface area contributed by atoms with Gasteiger partial charge in [0.25, 0.3) is 0 Å². The number of carbonyl (C=O) groups is 1. The van der Waals surface area contributed by atoms with Gasteiger partial charge in [0, 0.05) is 35.7 Å². The SMILES string of the molecule is CC(C(=O)Nc1ccncc1)c1ccc(Nc2ccnc(C(F)(F)F)c2)cc1. The van der Waals surface area contributed by atoms with Crippen molar-refractivity contribution in [2.45, 2.75) is 19.0 Å². The van der Waals surface area contributed by atoms with E-state index in [1.807, 2.05) is 0 Å². The van der Waals surface area contributed by atoms with Gasteiger partial charge in [-0.2, -0.15) is 13.2 Å². The lowest BCUT2D eigenvalue weighted by atomic mass is 10.00. The van der Waals surface area contributed by atoms with Gasteiger partial charge in [-0.15, -0.1) is 0 Å². The van der Waals surface area contributed by atoms with Gasteiger partial charge < -0.3 is 10.6 Å². The standard InChI is InChI=1S/C20H17F3N4O/c1-13(19(28)27-16-6-9-24-10-7-16)14-2-4-15(5-3-14)26-17-8-11-25-18(12-17)20(21,22)23/h2-13H,1H3,(H,25,26)(H,24,27,28). The number of alkyl halides is 3. The third-order valence-electron chi connectivity index (χ3n) is 4.09. The topological polar surface area (TPSA) is 66.9 Å². The summed E-state index contributed by atoms with van der Waals surface area (Å²) in [6.07, 6.45) is -0.224. The molecule has 5 nitrogen and oxygen atoms in total. The zero-order valence-electron chi connectivity index (χ0n) is 14.9. The Morgan fingerprint density at radius 1 is 0.929 bits per heavy atom. The van der Waals surface area contributed by atoms with Crippen LogP contribution in [0.4, 0.5) is 30.2 Å². The van der Waals surface area contributed by atoms with Crippen LogP contribution in [0.15, 0.2) is 67.1 Å². The predicted molar refractivity (Wildman–Crippen MR) is 100 cm³/mol. The molecule has 1 amide bonds. The van der Waals surface area contributed by atoms with Crippen molar-refractivity contribution in [3.8, 4) is 0 Å². The van der Waals surface area contributed by atoms with Gasteiger partial charge in [-0.3, -0.25) is 14.8 Å². The number of pyridine rings is 2. The second-order valence-electron chi connectivity index (χ2n) is 6.12. The second-order valence-corrected chi connectivity index (χ2v) is 6.12. The normalized spacial score (nSPS) is 12.3. The number of benzene rings is 1. The monoisotopic (exact) mass is 386 g/mol. The Bertz CT molecular complexity index is 944. The number of nitrogens with zero attached hydrogens (tertiary/aromatic N) is 2. The number of anilines is 3. The van der Waals surface area contributed by atoms with Gasteiger partial charge in [0.05, 0.1) is 5.92 Å². The lowest BCUT2D eigenvalue weighted by molar-refractivity contribution is -0.141. The molecular weight excluding hydrogens is 369 g/mol. The molecule has 0 bridgehead atoms. The molecule has 0 aliphatic heterocycles. The lowest BCUT2D eigenvalue weighted by Gasteiger charge is -2.14. The quantitative estimate of drug-likeness (QED) is 0.649. The summed E-state index contributed by atoms with van der Waals surface area (Å²) in [5, 5.41) is 5.71. The van der Waals surface area contributed by atoms with E-state index < -0.39 is 17.8 Å². The summed E-state index contributed by atoms with van der Waals surface area (Å²) >= 11 is 0. The molecule has 0 saturated heterocycles.